The average molecular weight is 270 g/mol. The molecule has 0 aliphatic carbocycles. The first-order chi connectivity index (χ1) is 9.78. The first-order valence-corrected chi connectivity index (χ1v) is 9.37. The Hall–Kier alpha value is -0.0800. The molecule has 7 rings (SSSR count). The molecular formula is C18H26N2. The van der Waals surface area contributed by atoms with Crippen molar-refractivity contribution in [3.05, 3.63) is 0 Å². The van der Waals surface area contributed by atoms with Gasteiger partial charge in [-0.15, -0.1) is 0 Å². The number of hydrogen-bond acceptors (Lipinski definition) is 2. The second-order valence-electron chi connectivity index (χ2n) is 9.33. The molecule has 7 aliphatic rings. The van der Waals surface area contributed by atoms with E-state index in [2.05, 4.69) is 9.80 Å². The average Bonchev–Trinajstić information content (AvgIpc) is 3.19. The van der Waals surface area contributed by atoms with Crippen molar-refractivity contribution in [2.24, 2.45) is 0 Å². The van der Waals surface area contributed by atoms with E-state index in [1.165, 1.54) is 25.7 Å². The predicted octanol–water partition coefficient (Wildman–Crippen LogP) is 3.06. The Bertz CT molecular complexity index is 454. The van der Waals surface area contributed by atoms with Crippen LogP contribution in [0.1, 0.15) is 77.0 Å². The third-order valence-corrected chi connectivity index (χ3v) is 9.78. The highest BCUT2D eigenvalue weighted by Crippen LogP contribution is 2.79. The zero-order valence-electron chi connectivity index (χ0n) is 12.5. The van der Waals surface area contributed by atoms with E-state index < -0.39 is 0 Å². The summed E-state index contributed by atoms with van der Waals surface area (Å²) in [4.78, 5) is 6.47. The van der Waals surface area contributed by atoms with E-state index in [0.717, 1.165) is 12.1 Å². The van der Waals surface area contributed by atoms with Crippen LogP contribution in [0.3, 0.4) is 0 Å². The summed E-state index contributed by atoms with van der Waals surface area (Å²) in [6, 6.07) is 1.98. The van der Waals surface area contributed by atoms with Crippen LogP contribution >= 0.6 is 0 Å². The maximum atomic E-state index is 3.23. The number of piperazine rings is 1. The monoisotopic (exact) mass is 270 g/mol. The Labute approximate surface area is 121 Å². The van der Waals surface area contributed by atoms with Crippen LogP contribution in [0.15, 0.2) is 0 Å². The molecule has 108 valence electrons. The van der Waals surface area contributed by atoms with Crippen LogP contribution in [0.4, 0.5) is 0 Å². The highest BCUT2D eigenvalue weighted by Gasteiger charge is 2.86. The van der Waals surface area contributed by atoms with Crippen molar-refractivity contribution >= 4 is 0 Å². The summed E-state index contributed by atoms with van der Waals surface area (Å²) in [7, 11) is 0. The predicted molar refractivity (Wildman–Crippen MR) is 77.6 cm³/mol. The first-order valence-electron chi connectivity index (χ1n) is 9.37. The summed E-state index contributed by atoms with van der Waals surface area (Å²) >= 11 is 0. The second-order valence-corrected chi connectivity index (χ2v) is 9.33. The van der Waals surface area contributed by atoms with Crippen LogP contribution in [-0.2, 0) is 0 Å². The fourth-order valence-electron chi connectivity index (χ4n) is 9.69. The van der Waals surface area contributed by atoms with Crippen molar-refractivity contribution in [3.63, 3.8) is 0 Å². The van der Waals surface area contributed by atoms with Gasteiger partial charge >= 0.3 is 0 Å². The van der Waals surface area contributed by atoms with E-state index in [1.807, 2.05) is 0 Å². The molecule has 0 aromatic heterocycles. The quantitative estimate of drug-likeness (QED) is 0.667. The lowest BCUT2D eigenvalue weighted by Gasteiger charge is -2.63. The molecule has 7 aliphatic heterocycles. The molecular weight excluding hydrogens is 244 g/mol. The van der Waals surface area contributed by atoms with E-state index in [0.29, 0.717) is 22.2 Å². The molecule has 0 radical (unpaired) electrons. The Balaban J connectivity index is 1.62. The molecule has 0 aromatic carbocycles. The molecule has 20 heavy (non-hydrogen) atoms. The fourth-order valence-corrected chi connectivity index (χ4v) is 9.69. The van der Waals surface area contributed by atoms with E-state index in [9.17, 15) is 0 Å². The summed E-state index contributed by atoms with van der Waals surface area (Å²) in [6.07, 6.45) is 18.6. The summed E-state index contributed by atoms with van der Waals surface area (Å²) < 4.78 is 0. The van der Waals surface area contributed by atoms with Gasteiger partial charge in [-0.2, -0.15) is 0 Å². The lowest BCUT2D eigenvalue weighted by Crippen LogP contribution is -2.77. The second kappa shape index (κ2) is 2.65. The molecule has 4 bridgehead atoms. The van der Waals surface area contributed by atoms with Gasteiger partial charge in [0, 0.05) is 34.2 Å². The molecule has 0 aromatic rings. The van der Waals surface area contributed by atoms with Gasteiger partial charge in [-0.25, -0.2) is 0 Å². The third-order valence-electron chi connectivity index (χ3n) is 9.78. The lowest BCUT2D eigenvalue weighted by atomic mass is 9.71. The van der Waals surface area contributed by atoms with E-state index in [4.69, 9.17) is 0 Å². The van der Waals surface area contributed by atoms with Crippen LogP contribution in [-0.4, -0.2) is 44.0 Å². The van der Waals surface area contributed by atoms with Crippen LogP contribution in [0.2, 0.25) is 0 Å². The Morgan fingerprint density at radius 3 is 1.05 bits per heavy atom. The maximum Gasteiger partial charge on any atom is 0.0404 e. The van der Waals surface area contributed by atoms with E-state index in [-0.39, 0.29) is 0 Å². The zero-order chi connectivity index (χ0) is 12.8. The summed E-state index contributed by atoms with van der Waals surface area (Å²) in [5.41, 5.74) is 2.58. The van der Waals surface area contributed by atoms with Gasteiger partial charge < -0.3 is 0 Å². The Morgan fingerprint density at radius 2 is 0.750 bits per heavy atom. The largest absolute Gasteiger partial charge is 0.285 e. The lowest BCUT2D eigenvalue weighted by molar-refractivity contribution is -0.143. The minimum Gasteiger partial charge on any atom is -0.285 e. The highest BCUT2D eigenvalue weighted by atomic mass is 15.5. The summed E-state index contributed by atoms with van der Waals surface area (Å²) in [5.74, 6) is 0. The van der Waals surface area contributed by atoms with Crippen LogP contribution < -0.4 is 0 Å². The molecule has 2 unspecified atom stereocenters. The minimum atomic E-state index is 0.646. The summed E-state index contributed by atoms with van der Waals surface area (Å²) in [5, 5.41) is 0. The van der Waals surface area contributed by atoms with Crippen molar-refractivity contribution in [1.29, 1.82) is 0 Å². The Morgan fingerprint density at radius 1 is 0.450 bits per heavy atom. The smallest absolute Gasteiger partial charge is 0.0404 e. The van der Waals surface area contributed by atoms with Gasteiger partial charge in [0.15, 0.2) is 0 Å². The van der Waals surface area contributed by atoms with Crippen LogP contribution in [0.25, 0.3) is 0 Å². The molecule has 0 saturated carbocycles. The molecule has 2 heteroatoms. The first kappa shape index (κ1) is 10.6. The number of hydrogen-bond donors (Lipinski definition) is 0. The van der Waals surface area contributed by atoms with Crippen LogP contribution in [0.5, 0.6) is 0 Å². The van der Waals surface area contributed by atoms with Gasteiger partial charge in [0.2, 0.25) is 0 Å². The van der Waals surface area contributed by atoms with Gasteiger partial charge in [0.1, 0.15) is 0 Å². The SMILES string of the molecule is C1C[C@]23CC[C@@]4(CCC1N24)[C@@]12CCC4CC[C@@]3(CC1)N42. The van der Waals surface area contributed by atoms with Crippen molar-refractivity contribution in [3.8, 4) is 0 Å². The van der Waals surface area contributed by atoms with Gasteiger partial charge in [0.25, 0.3) is 0 Å². The molecule has 0 spiro atoms. The molecule has 7 saturated heterocycles. The summed E-state index contributed by atoms with van der Waals surface area (Å²) in [6.45, 7) is 0. The van der Waals surface area contributed by atoms with Crippen LogP contribution in [0, 0.1) is 0 Å². The third kappa shape index (κ3) is 0.664. The van der Waals surface area contributed by atoms with Gasteiger partial charge in [0.05, 0.1) is 0 Å². The van der Waals surface area contributed by atoms with Gasteiger partial charge in [-0.05, 0) is 77.0 Å². The molecule has 6 atom stereocenters. The molecule has 7 heterocycles. The van der Waals surface area contributed by atoms with Crippen molar-refractivity contribution in [2.75, 3.05) is 0 Å². The van der Waals surface area contributed by atoms with Crippen molar-refractivity contribution < 1.29 is 0 Å². The molecule has 0 amide bonds. The van der Waals surface area contributed by atoms with Gasteiger partial charge in [-0.3, -0.25) is 9.80 Å². The van der Waals surface area contributed by atoms with E-state index in [1.54, 1.807) is 51.4 Å². The molecule has 7 fully saturated rings. The highest BCUT2D eigenvalue weighted by molar-refractivity contribution is 5.43. The Kier molecular flexibility index (Phi) is 1.40. The van der Waals surface area contributed by atoms with Gasteiger partial charge in [-0.1, -0.05) is 0 Å². The molecule has 0 N–H and O–H groups in total. The maximum absolute atomic E-state index is 3.23. The van der Waals surface area contributed by atoms with Crippen molar-refractivity contribution in [2.45, 2.75) is 111 Å². The standard InChI is InChI=1S/C18H26N2/c1-5-15-9-10-17(6-2-13(1)19(15)17)18-8-4-14-3-7-16(15,11-12-18)20(14)18/h13-14H,1-12H2/t13?,14?,15-,16+,17+,18-. The number of rotatable bonds is 0. The topological polar surface area (TPSA) is 6.48 Å². The normalized spacial score (nSPS) is 69.0. The minimum absolute atomic E-state index is 0.646. The van der Waals surface area contributed by atoms with Crippen molar-refractivity contribution in [1.82, 2.24) is 9.80 Å². The fraction of sp³-hybridized carbons (Fsp3) is 1.00. The van der Waals surface area contributed by atoms with E-state index >= 15 is 0 Å². The molecule has 2 nitrogen and oxygen atoms in total. The zero-order valence-corrected chi connectivity index (χ0v) is 12.5. The number of nitrogens with zero attached hydrogens (tertiary/aromatic N) is 2.